The van der Waals surface area contributed by atoms with Gasteiger partial charge in [0.15, 0.2) is 0 Å². The van der Waals surface area contributed by atoms with Gasteiger partial charge in [-0.25, -0.2) is 8.42 Å². The fourth-order valence-corrected chi connectivity index (χ4v) is 7.11. The SMILES string of the molecule is COC(=O)C(CCc1ccccc1)CNC(=O)[C@@H]1Cc2ccccc2N1S(=O)(=O)c1ccc(-c2cccc(C(F)(F)F)c2)cc1. The van der Waals surface area contributed by atoms with E-state index in [0.717, 1.165) is 22.0 Å². The lowest BCUT2D eigenvalue weighted by atomic mass is 9.99. The minimum atomic E-state index is -4.52. The number of rotatable bonds is 10. The van der Waals surface area contributed by atoms with Gasteiger partial charge in [-0.05, 0) is 65.4 Å². The van der Waals surface area contributed by atoms with E-state index >= 15 is 0 Å². The molecule has 2 atom stereocenters. The van der Waals surface area contributed by atoms with Gasteiger partial charge >= 0.3 is 12.1 Å². The molecule has 4 aromatic rings. The highest BCUT2D eigenvalue weighted by molar-refractivity contribution is 7.93. The molecule has 0 spiro atoms. The number of ether oxygens (including phenoxy) is 1. The molecule has 0 saturated carbocycles. The number of sulfonamides is 1. The zero-order chi connectivity index (χ0) is 32.2. The first-order chi connectivity index (χ1) is 21.5. The number of carbonyl (C=O) groups excluding carboxylic acids is 2. The van der Waals surface area contributed by atoms with Gasteiger partial charge in [0.05, 0.1) is 29.2 Å². The number of esters is 1. The van der Waals surface area contributed by atoms with Crippen LogP contribution in [0.1, 0.15) is 23.1 Å². The first kappa shape index (κ1) is 31.8. The molecule has 11 heteroatoms. The molecule has 1 aliphatic rings. The van der Waals surface area contributed by atoms with Crippen LogP contribution in [0.2, 0.25) is 0 Å². The van der Waals surface area contributed by atoms with E-state index in [2.05, 4.69) is 5.32 Å². The van der Waals surface area contributed by atoms with E-state index in [9.17, 15) is 31.2 Å². The smallest absolute Gasteiger partial charge is 0.416 e. The van der Waals surface area contributed by atoms with Crippen molar-refractivity contribution < 1.29 is 35.9 Å². The van der Waals surface area contributed by atoms with Crippen molar-refractivity contribution >= 4 is 27.6 Å². The average Bonchev–Trinajstić information content (AvgIpc) is 3.45. The van der Waals surface area contributed by atoms with Gasteiger partial charge in [-0.1, -0.05) is 72.8 Å². The van der Waals surface area contributed by atoms with Gasteiger partial charge in [0.25, 0.3) is 10.0 Å². The molecular formula is C34H31F3N2O5S. The topological polar surface area (TPSA) is 92.8 Å². The van der Waals surface area contributed by atoms with Crippen LogP contribution in [-0.4, -0.2) is 40.0 Å². The Morgan fingerprint density at radius 2 is 1.60 bits per heavy atom. The number of hydrogen-bond donors (Lipinski definition) is 1. The van der Waals surface area contributed by atoms with Gasteiger partial charge in [-0.2, -0.15) is 13.2 Å². The standard InChI is InChI=1S/C34H31F3N2O5S/c1-44-33(41)27(15-14-23-8-3-2-4-9-23)22-38-32(40)31-21-26-10-5-6-13-30(26)39(31)45(42,43)29-18-16-24(17-19-29)25-11-7-12-28(20-25)34(35,36)37/h2-13,16-20,27,31H,14-15,21-22H2,1H3,(H,38,40)/t27?,31-/m0/s1. The summed E-state index contributed by atoms with van der Waals surface area (Å²) >= 11 is 0. The number of aryl methyl sites for hydroxylation is 1. The van der Waals surface area contributed by atoms with Crippen molar-refractivity contribution in [2.45, 2.75) is 36.4 Å². The summed E-state index contributed by atoms with van der Waals surface area (Å²) in [4.78, 5) is 26.0. The molecule has 1 unspecified atom stereocenters. The third-order valence-corrected chi connectivity index (χ3v) is 9.68. The molecule has 0 saturated heterocycles. The number of amides is 1. The molecule has 7 nitrogen and oxygen atoms in total. The molecule has 0 bridgehead atoms. The van der Waals surface area contributed by atoms with Crippen LogP contribution in [0.3, 0.4) is 0 Å². The quantitative estimate of drug-likeness (QED) is 0.215. The maximum absolute atomic E-state index is 14.0. The molecule has 0 aliphatic carbocycles. The molecule has 5 rings (SSSR count). The van der Waals surface area contributed by atoms with Crippen molar-refractivity contribution in [3.05, 3.63) is 120 Å². The summed E-state index contributed by atoms with van der Waals surface area (Å²) in [5, 5.41) is 2.77. The molecule has 0 aromatic heterocycles. The molecule has 1 aliphatic heterocycles. The van der Waals surface area contributed by atoms with Crippen LogP contribution < -0.4 is 9.62 Å². The highest BCUT2D eigenvalue weighted by atomic mass is 32.2. The molecular weight excluding hydrogens is 605 g/mol. The van der Waals surface area contributed by atoms with E-state index < -0.39 is 45.6 Å². The Kier molecular flexibility index (Phi) is 9.29. The predicted molar refractivity (Wildman–Crippen MR) is 164 cm³/mol. The Morgan fingerprint density at radius 1 is 0.911 bits per heavy atom. The summed E-state index contributed by atoms with van der Waals surface area (Å²) in [6, 6.07) is 25.5. The van der Waals surface area contributed by atoms with Crippen molar-refractivity contribution in [1.29, 1.82) is 0 Å². The summed E-state index contributed by atoms with van der Waals surface area (Å²) in [6.45, 7) is -0.0369. The molecule has 4 aromatic carbocycles. The van der Waals surface area contributed by atoms with Gasteiger partial charge in [0.2, 0.25) is 5.91 Å². The Balaban J connectivity index is 1.37. The summed E-state index contributed by atoms with van der Waals surface area (Å²) < 4.78 is 73.7. The number of carbonyl (C=O) groups is 2. The lowest BCUT2D eigenvalue weighted by molar-refractivity contribution is -0.145. The molecule has 234 valence electrons. The number of methoxy groups -OCH3 is 1. The number of nitrogens with one attached hydrogen (secondary N) is 1. The Bertz CT molecular complexity index is 1780. The van der Waals surface area contributed by atoms with Gasteiger partial charge in [-0.15, -0.1) is 0 Å². The van der Waals surface area contributed by atoms with Crippen molar-refractivity contribution in [2.75, 3.05) is 18.0 Å². The molecule has 1 N–H and O–H groups in total. The van der Waals surface area contributed by atoms with Gasteiger partial charge < -0.3 is 10.1 Å². The fraction of sp³-hybridized carbons (Fsp3) is 0.235. The zero-order valence-electron chi connectivity index (χ0n) is 24.3. The molecule has 0 fully saturated rings. The number of fused-ring (bicyclic) bond motifs is 1. The van der Waals surface area contributed by atoms with Crippen molar-refractivity contribution in [2.24, 2.45) is 5.92 Å². The summed E-state index contributed by atoms with van der Waals surface area (Å²) in [5.41, 5.74) is 1.92. The Hall–Kier alpha value is -4.64. The van der Waals surface area contributed by atoms with Gasteiger partial charge in [-0.3, -0.25) is 13.9 Å². The molecule has 1 heterocycles. The second-order valence-corrected chi connectivity index (χ2v) is 12.6. The number of anilines is 1. The van der Waals surface area contributed by atoms with Crippen molar-refractivity contribution in [1.82, 2.24) is 5.32 Å². The highest BCUT2D eigenvalue weighted by Crippen LogP contribution is 2.38. The lowest BCUT2D eigenvalue weighted by Crippen LogP contribution is -2.49. The van der Waals surface area contributed by atoms with Crippen LogP contribution in [0, 0.1) is 5.92 Å². The number of hydrogen-bond acceptors (Lipinski definition) is 5. The van der Waals surface area contributed by atoms with E-state index in [4.69, 9.17) is 4.74 Å². The van der Waals surface area contributed by atoms with Gasteiger partial charge in [0, 0.05) is 13.0 Å². The van der Waals surface area contributed by atoms with E-state index in [-0.39, 0.29) is 23.4 Å². The average molecular weight is 637 g/mol. The van der Waals surface area contributed by atoms with Gasteiger partial charge in [0.1, 0.15) is 6.04 Å². The maximum Gasteiger partial charge on any atom is 0.416 e. The number of halogens is 3. The minimum Gasteiger partial charge on any atom is -0.469 e. The number of nitrogens with zero attached hydrogens (tertiary/aromatic N) is 1. The Labute approximate surface area is 259 Å². The second kappa shape index (κ2) is 13.2. The Morgan fingerprint density at radius 3 is 2.29 bits per heavy atom. The molecule has 0 radical (unpaired) electrons. The van der Waals surface area contributed by atoms with Crippen LogP contribution in [-0.2, 0) is 43.4 Å². The molecule has 45 heavy (non-hydrogen) atoms. The lowest BCUT2D eigenvalue weighted by Gasteiger charge is -2.27. The zero-order valence-corrected chi connectivity index (χ0v) is 25.1. The first-order valence-electron chi connectivity index (χ1n) is 14.3. The number of para-hydroxylation sites is 1. The third kappa shape index (κ3) is 7.04. The molecule has 1 amide bonds. The summed E-state index contributed by atoms with van der Waals surface area (Å²) in [7, 11) is -3.00. The van der Waals surface area contributed by atoms with Crippen LogP contribution in [0.15, 0.2) is 108 Å². The third-order valence-electron chi connectivity index (χ3n) is 7.84. The second-order valence-electron chi connectivity index (χ2n) is 10.7. The summed E-state index contributed by atoms with van der Waals surface area (Å²) in [6.07, 6.45) is -3.39. The monoisotopic (exact) mass is 636 g/mol. The van der Waals surface area contributed by atoms with E-state index in [1.807, 2.05) is 30.3 Å². The van der Waals surface area contributed by atoms with E-state index in [1.165, 1.54) is 43.5 Å². The number of alkyl halides is 3. The van der Waals surface area contributed by atoms with Crippen LogP contribution >= 0.6 is 0 Å². The van der Waals surface area contributed by atoms with Crippen LogP contribution in [0.4, 0.5) is 18.9 Å². The van der Waals surface area contributed by atoms with Crippen molar-refractivity contribution in [3.63, 3.8) is 0 Å². The largest absolute Gasteiger partial charge is 0.469 e. The van der Waals surface area contributed by atoms with Crippen molar-refractivity contribution in [3.8, 4) is 11.1 Å². The minimum absolute atomic E-state index is 0.0369. The maximum atomic E-state index is 14.0. The highest BCUT2D eigenvalue weighted by Gasteiger charge is 2.42. The van der Waals surface area contributed by atoms with E-state index in [0.29, 0.717) is 29.7 Å². The first-order valence-corrected chi connectivity index (χ1v) is 15.7. The fourth-order valence-electron chi connectivity index (χ4n) is 5.46. The number of benzene rings is 4. The van der Waals surface area contributed by atoms with Crippen LogP contribution in [0.5, 0.6) is 0 Å². The van der Waals surface area contributed by atoms with E-state index in [1.54, 1.807) is 24.3 Å². The predicted octanol–water partition coefficient (Wildman–Crippen LogP) is 6.03. The summed E-state index contributed by atoms with van der Waals surface area (Å²) in [5.74, 6) is -1.69. The van der Waals surface area contributed by atoms with Crippen LogP contribution in [0.25, 0.3) is 11.1 Å². The normalized spacial score (nSPS) is 15.3.